The number of halogens is 1. The Kier molecular flexibility index (Phi) is 7.28. The summed E-state index contributed by atoms with van der Waals surface area (Å²) in [7, 11) is -2.00. The van der Waals surface area contributed by atoms with E-state index in [-0.39, 0.29) is 10.8 Å². The van der Waals surface area contributed by atoms with Crippen LogP contribution >= 0.6 is 11.6 Å². The third-order valence-corrected chi connectivity index (χ3v) is 8.43. The van der Waals surface area contributed by atoms with Crippen LogP contribution in [0.5, 0.6) is 5.88 Å². The highest BCUT2D eigenvalue weighted by atomic mass is 35.5. The van der Waals surface area contributed by atoms with Crippen LogP contribution in [0, 0.1) is 12.8 Å². The van der Waals surface area contributed by atoms with E-state index >= 15 is 0 Å². The molecule has 1 aliphatic heterocycles. The molecule has 0 atom stereocenters. The van der Waals surface area contributed by atoms with Crippen molar-refractivity contribution < 1.29 is 13.2 Å². The van der Waals surface area contributed by atoms with Crippen LogP contribution in [0.15, 0.2) is 66.0 Å². The molecule has 1 N–H and O–H groups in total. The van der Waals surface area contributed by atoms with Crippen LogP contribution in [-0.4, -0.2) is 50.1 Å². The average molecular weight is 538 g/mol. The molecule has 0 aliphatic carbocycles. The van der Waals surface area contributed by atoms with E-state index in [4.69, 9.17) is 16.3 Å². The molecule has 1 aliphatic rings. The van der Waals surface area contributed by atoms with Crippen LogP contribution in [0.1, 0.15) is 18.4 Å². The van der Waals surface area contributed by atoms with Crippen LogP contribution in [-0.2, 0) is 10.0 Å². The first kappa shape index (κ1) is 25.4. The first-order valence-electron chi connectivity index (χ1n) is 12.1. The van der Waals surface area contributed by atoms with Crippen molar-refractivity contribution in [2.24, 2.45) is 5.92 Å². The topological polar surface area (TPSA) is 97.3 Å². The van der Waals surface area contributed by atoms with E-state index in [1.165, 1.54) is 6.07 Å². The summed E-state index contributed by atoms with van der Waals surface area (Å²) < 4.78 is 33.3. The lowest BCUT2D eigenvalue weighted by Gasteiger charge is -2.33. The molecule has 5 rings (SSSR count). The predicted octanol–water partition coefficient (Wildman–Crippen LogP) is 4.86. The van der Waals surface area contributed by atoms with Crippen molar-refractivity contribution in [3.05, 3.63) is 71.6 Å². The first-order chi connectivity index (χ1) is 17.8. The number of fused-ring (bicyclic) bond motifs is 1. The number of aromatic nitrogens is 3. The van der Waals surface area contributed by atoms with Crippen LogP contribution in [0.2, 0.25) is 5.02 Å². The second kappa shape index (κ2) is 10.6. The molecule has 8 nitrogen and oxygen atoms in total. The number of pyridine rings is 1. The zero-order chi connectivity index (χ0) is 26.0. The summed E-state index contributed by atoms with van der Waals surface area (Å²) >= 11 is 5.97. The molecule has 2 aromatic carbocycles. The molecule has 1 saturated heterocycles. The van der Waals surface area contributed by atoms with E-state index in [2.05, 4.69) is 43.6 Å². The van der Waals surface area contributed by atoms with Crippen LogP contribution in [0.4, 0.5) is 5.82 Å². The zero-order valence-electron chi connectivity index (χ0n) is 20.7. The number of aryl methyl sites for hydroxylation is 1. The molecule has 3 heterocycles. The Morgan fingerprint density at radius 3 is 2.57 bits per heavy atom. The quantitative estimate of drug-likeness (QED) is 0.359. The number of sulfonamides is 1. The van der Waals surface area contributed by atoms with Crippen LogP contribution in [0.25, 0.3) is 22.0 Å². The second-order valence-corrected chi connectivity index (χ2v) is 11.4. The van der Waals surface area contributed by atoms with Crippen molar-refractivity contribution >= 4 is 38.3 Å². The Balaban J connectivity index is 1.31. The summed E-state index contributed by atoms with van der Waals surface area (Å²) in [6, 6.07) is 14.4. The summed E-state index contributed by atoms with van der Waals surface area (Å²) in [6.07, 6.45) is 5.12. The van der Waals surface area contributed by atoms with Gasteiger partial charge in [0.2, 0.25) is 15.9 Å². The summed E-state index contributed by atoms with van der Waals surface area (Å²) in [4.78, 5) is 16.0. The zero-order valence-corrected chi connectivity index (χ0v) is 22.3. The minimum absolute atomic E-state index is 0.183. The number of ether oxygens (including phenoxy) is 1. The van der Waals surface area contributed by atoms with Crippen molar-refractivity contribution in [3.8, 4) is 17.0 Å². The smallest absolute Gasteiger partial charge is 0.240 e. The molecule has 0 radical (unpaired) electrons. The molecule has 4 aromatic rings. The van der Waals surface area contributed by atoms with Gasteiger partial charge in [-0.1, -0.05) is 17.7 Å². The predicted molar refractivity (Wildman–Crippen MR) is 146 cm³/mol. The first-order valence-corrected chi connectivity index (χ1v) is 14.0. The second-order valence-electron chi connectivity index (χ2n) is 9.22. The monoisotopic (exact) mass is 537 g/mol. The van der Waals surface area contributed by atoms with Gasteiger partial charge >= 0.3 is 0 Å². The van der Waals surface area contributed by atoms with Crippen molar-refractivity contribution in [1.29, 1.82) is 0 Å². The molecule has 10 heteroatoms. The fourth-order valence-electron chi connectivity index (χ4n) is 4.72. The number of nitrogens with one attached hydrogen (secondary N) is 1. The number of benzene rings is 2. The molecular formula is C27H28ClN5O3S. The van der Waals surface area contributed by atoms with E-state index in [1.54, 1.807) is 37.8 Å². The van der Waals surface area contributed by atoms with E-state index in [0.29, 0.717) is 17.4 Å². The SMILES string of the molecule is COc1ccc(-c2cc(C)c3ncnc(N4CCC(CNS(=O)(=O)c5cccc(Cl)c5)CC4)c3c2)cn1. The van der Waals surface area contributed by atoms with Gasteiger partial charge < -0.3 is 9.64 Å². The number of nitrogens with zero attached hydrogens (tertiary/aromatic N) is 4. The highest BCUT2D eigenvalue weighted by Crippen LogP contribution is 2.33. The van der Waals surface area contributed by atoms with E-state index in [1.807, 2.05) is 12.1 Å². The minimum atomic E-state index is -3.60. The van der Waals surface area contributed by atoms with Crippen molar-refractivity contribution in [2.75, 3.05) is 31.6 Å². The highest BCUT2D eigenvalue weighted by Gasteiger charge is 2.24. The molecule has 0 unspecified atom stereocenters. The van der Waals surface area contributed by atoms with E-state index in [0.717, 1.165) is 59.3 Å². The maximum atomic E-state index is 12.7. The summed E-state index contributed by atoms with van der Waals surface area (Å²) in [5.41, 5.74) is 4.02. The van der Waals surface area contributed by atoms with Gasteiger partial charge in [-0.15, -0.1) is 0 Å². The Morgan fingerprint density at radius 2 is 1.86 bits per heavy atom. The van der Waals surface area contributed by atoms with Gasteiger partial charge in [0.05, 0.1) is 17.5 Å². The Bertz CT molecular complexity index is 1520. The minimum Gasteiger partial charge on any atom is -0.481 e. The molecular weight excluding hydrogens is 510 g/mol. The Hall–Kier alpha value is -3.27. The molecule has 2 aromatic heterocycles. The maximum absolute atomic E-state index is 12.7. The van der Waals surface area contributed by atoms with Crippen molar-refractivity contribution in [2.45, 2.75) is 24.7 Å². The van der Waals surface area contributed by atoms with Gasteiger partial charge in [0.1, 0.15) is 12.1 Å². The standard InChI is InChI=1S/C27H28ClN5O3S/c1-18-12-21(20-6-7-25(36-2)29-16-20)13-24-26(18)30-17-31-27(24)33-10-8-19(9-11-33)15-32-37(34,35)23-5-3-4-22(28)14-23/h3-7,12-14,16-17,19,32H,8-11,15H2,1-2H3. The van der Waals surface area contributed by atoms with E-state index in [9.17, 15) is 8.42 Å². The normalized spacial score (nSPS) is 14.7. The molecule has 0 bridgehead atoms. The van der Waals surface area contributed by atoms with Gasteiger partial charge in [0.25, 0.3) is 0 Å². The van der Waals surface area contributed by atoms with Gasteiger partial charge in [-0.25, -0.2) is 28.1 Å². The fraction of sp³-hybridized carbons (Fsp3) is 0.296. The number of methoxy groups -OCH3 is 1. The van der Waals surface area contributed by atoms with E-state index < -0.39 is 10.0 Å². The van der Waals surface area contributed by atoms with Gasteiger partial charge in [0.15, 0.2) is 0 Å². The van der Waals surface area contributed by atoms with Gasteiger partial charge in [-0.3, -0.25) is 0 Å². The molecule has 1 fully saturated rings. The maximum Gasteiger partial charge on any atom is 0.240 e. The Morgan fingerprint density at radius 1 is 1.05 bits per heavy atom. The molecule has 192 valence electrons. The Labute approximate surface area is 221 Å². The number of anilines is 1. The molecule has 37 heavy (non-hydrogen) atoms. The van der Waals surface area contributed by atoms with Gasteiger partial charge in [-0.05, 0) is 73.2 Å². The number of hydrogen-bond acceptors (Lipinski definition) is 7. The third kappa shape index (κ3) is 5.53. The summed E-state index contributed by atoms with van der Waals surface area (Å²) in [5.74, 6) is 1.71. The largest absolute Gasteiger partial charge is 0.481 e. The lowest BCUT2D eigenvalue weighted by atomic mass is 9.96. The molecule has 0 amide bonds. The average Bonchev–Trinajstić information content (AvgIpc) is 2.92. The third-order valence-electron chi connectivity index (χ3n) is 6.77. The fourth-order valence-corrected chi connectivity index (χ4v) is 6.13. The highest BCUT2D eigenvalue weighted by molar-refractivity contribution is 7.89. The van der Waals surface area contributed by atoms with Crippen molar-refractivity contribution in [3.63, 3.8) is 0 Å². The van der Waals surface area contributed by atoms with Gasteiger partial charge in [0, 0.05) is 47.9 Å². The number of rotatable bonds is 7. The van der Waals surface area contributed by atoms with Crippen molar-refractivity contribution in [1.82, 2.24) is 19.7 Å². The van der Waals surface area contributed by atoms with Crippen LogP contribution in [0.3, 0.4) is 0 Å². The van der Waals surface area contributed by atoms with Gasteiger partial charge in [-0.2, -0.15) is 0 Å². The number of hydrogen-bond donors (Lipinski definition) is 1. The lowest BCUT2D eigenvalue weighted by molar-refractivity contribution is 0.398. The summed E-state index contributed by atoms with van der Waals surface area (Å²) in [6.45, 7) is 4.00. The lowest BCUT2D eigenvalue weighted by Crippen LogP contribution is -2.39. The molecule has 0 saturated carbocycles. The van der Waals surface area contributed by atoms with Crippen LogP contribution < -0.4 is 14.4 Å². The number of piperidine rings is 1. The summed E-state index contributed by atoms with van der Waals surface area (Å²) in [5, 5.41) is 1.39. The molecule has 0 spiro atoms.